The minimum absolute atomic E-state index is 0.101. The molecule has 1 aromatic carbocycles. The Hall–Kier alpha value is -1.30. The zero-order valence-corrected chi connectivity index (χ0v) is 16.0. The summed E-state index contributed by atoms with van der Waals surface area (Å²) in [5.41, 5.74) is 1.16. The van der Waals surface area contributed by atoms with Gasteiger partial charge in [-0.1, -0.05) is 37.6 Å². The van der Waals surface area contributed by atoms with Gasteiger partial charge in [0.2, 0.25) is 0 Å². The minimum Gasteiger partial charge on any atom is -0.379 e. The first kappa shape index (κ1) is 20.0. The number of hydrogen-bond acceptors (Lipinski definition) is 3. The molecule has 0 aliphatic carbocycles. The molecule has 1 atom stereocenters. The van der Waals surface area contributed by atoms with Crippen molar-refractivity contribution in [3.8, 4) is 0 Å². The molecule has 2 rings (SSSR count). The summed E-state index contributed by atoms with van der Waals surface area (Å²) in [6.45, 7) is 9.17. The van der Waals surface area contributed by atoms with Crippen molar-refractivity contribution < 1.29 is 9.53 Å². The SMILES string of the molecule is CC(C)CC(CNC(=O)NCCc1ccc(Cl)cc1)N1CCOCC1. The fourth-order valence-electron chi connectivity index (χ4n) is 3.09. The van der Waals surface area contributed by atoms with Crippen LogP contribution in [0.1, 0.15) is 25.8 Å². The average molecular weight is 368 g/mol. The van der Waals surface area contributed by atoms with Gasteiger partial charge in [-0.15, -0.1) is 0 Å². The third-order valence-corrected chi connectivity index (χ3v) is 4.67. The van der Waals surface area contributed by atoms with E-state index in [0.717, 1.165) is 49.7 Å². The first-order valence-electron chi connectivity index (χ1n) is 9.12. The molecule has 0 spiro atoms. The van der Waals surface area contributed by atoms with Gasteiger partial charge >= 0.3 is 6.03 Å². The fraction of sp³-hybridized carbons (Fsp3) is 0.632. The summed E-state index contributed by atoms with van der Waals surface area (Å²) in [7, 11) is 0. The molecule has 5 nitrogen and oxygen atoms in total. The topological polar surface area (TPSA) is 53.6 Å². The Morgan fingerprint density at radius 2 is 1.88 bits per heavy atom. The first-order valence-corrected chi connectivity index (χ1v) is 9.50. The quantitative estimate of drug-likeness (QED) is 0.742. The fourth-order valence-corrected chi connectivity index (χ4v) is 3.22. The maximum Gasteiger partial charge on any atom is 0.314 e. The first-order chi connectivity index (χ1) is 12.0. The molecule has 6 heteroatoms. The summed E-state index contributed by atoms with van der Waals surface area (Å²) >= 11 is 5.88. The van der Waals surface area contributed by atoms with E-state index in [0.29, 0.717) is 25.0 Å². The average Bonchev–Trinajstić information content (AvgIpc) is 2.61. The number of rotatable bonds is 8. The molecule has 0 aromatic heterocycles. The van der Waals surface area contributed by atoms with E-state index >= 15 is 0 Å². The standard InChI is InChI=1S/C19H30ClN3O2/c1-15(2)13-18(23-9-11-25-12-10-23)14-22-19(24)21-8-7-16-3-5-17(20)6-4-16/h3-6,15,18H,7-14H2,1-2H3,(H2,21,22,24). The van der Waals surface area contributed by atoms with Crippen molar-refractivity contribution in [1.82, 2.24) is 15.5 Å². The molecule has 0 bridgehead atoms. The molecule has 25 heavy (non-hydrogen) atoms. The Bertz CT molecular complexity index is 516. The van der Waals surface area contributed by atoms with Crippen molar-refractivity contribution in [2.75, 3.05) is 39.4 Å². The van der Waals surface area contributed by atoms with Crippen LogP contribution in [0.25, 0.3) is 0 Å². The molecule has 0 radical (unpaired) electrons. The third-order valence-electron chi connectivity index (χ3n) is 4.42. The van der Waals surface area contributed by atoms with Crippen molar-refractivity contribution in [3.05, 3.63) is 34.9 Å². The number of carbonyl (C=O) groups is 1. The lowest BCUT2D eigenvalue weighted by molar-refractivity contribution is 0.0129. The van der Waals surface area contributed by atoms with Gasteiger partial charge in [-0.05, 0) is 36.5 Å². The van der Waals surface area contributed by atoms with Crippen LogP contribution in [-0.4, -0.2) is 56.4 Å². The molecular weight excluding hydrogens is 338 g/mol. The second kappa shape index (κ2) is 10.6. The van der Waals surface area contributed by atoms with Crippen molar-refractivity contribution in [2.24, 2.45) is 5.92 Å². The molecule has 1 unspecified atom stereocenters. The number of benzene rings is 1. The lowest BCUT2D eigenvalue weighted by Gasteiger charge is -2.35. The van der Waals surface area contributed by atoms with Crippen LogP contribution in [0, 0.1) is 5.92 Å². The second-order valence-corrected chi connectivity index (χ2v) is 7.38. The van der Waals surface area contributed by atoms with E-state index in [9.17, 15) is 4.79 Å². The van der Waals surface area contributed by atoms with E-state index in [1.165, 1.54) is 0 Å². The van der Waals surface area contributed by atoms with Crippen molar-refractivity contribution in [2.45, 2.75) is 32.7 Å². The number of morpholine rings is 1. The van der Waals surface area contributed by atoms with Gasteiger partial charge in [-0.2, -0.15) is 0 Å². The number of carbonyl (C=O) groups excluding carboxylic acids is 1. The molecule has 0 saturated carbocycles. The van der Waals surface area contributed by atoms with Crippen LogP contribution in [-0.2, 0) is 11.2 Å². The van der Waals surface area contributed by atoms with Crippen LogP contribution in [0.3, 0.4) is 0 Å². The lowest BCUT2D eigenvalue weighted by atomic mass is 10.0. The number of halogens is 1. The van der Waals surface area contributed by atoms with Gasteiger partial charge in [-0.3, -0.25) is 4.90 Å². The largest absolute Gasteiger partial charge is 0.379 e. The highest BCUT2D eigenvalue weighted by Gasteiger charge is 2.22. The number of urea groups is 1. The minimum atomic E-state index is -0.101. The number of amides is 2. The van der Waals surface area contributed by atoms with E-state index in [-0.39, 0.29) is 6.03 Å². The predicted molar refractivity (Wildman–Crippen MR) is 102 cm³/mol. The summed E-state index contributed by atoms with van der Waals surface area (Å²) in [6, 6.07) is 7.98. The van der Waals surface area contributed by atoms with Crippen LogP contribution in [0.15, 0.2) is 24.3 Å². The van der Waals surface area contributed by atoms with E-state index in [4.69, 9.17) is 16.3 Å². The van der Waals surface area contributed by atoms with Gasteiger partial charge in [0.15, 0.2) is 0 Å². The Kier molecular flexibility index (Phi) is 8.52. The molecule has 1 fully saturated rings. The molecule has 1 heterocycles. The van der Waals surface area contributed by atoms with Gasteiger partial charge in [-0.25, -0.2) is 4.79 Å². The van der Waals surface area contributed by atoms with Crippen LogP contribution < -0.4 is 10.6 Å². The number of hydrogen-bond donors (Lipinski definition) is 2. The zero-order valence-electron chi connectivity index (χ0n) is 15.3. The Labute approximate surface area is 156 Å². The molecule has 2 N–H and O–H groups in total. The van der Waals surface area contributed by atoms with E-state index in [1.807, 2.05) is 24.3 Å². The van der Waals surface area contributed by atoms with Crippen LogP contribution >= 0.6 is 11.6 Å². The summed E-state index contributed by atoms with van der Waals surface area (Å²) in [5.74, 6) is 0.600. The van der Waals surface area contributed by atoms with E-state index in [1.54, 1.807) is 0 Å². The molecule has 1 aromatic rings. The molecule has 2 amide bonds. The molecule has 1 aliphatic heterocycles. The van der Waals surface area contributed by atoms with Gasteiger partial charge in [0.25, 0.3) is 0 Å². The predicted octanol–water partition coefficient (Wildman–Crippen LogP) is 2.93. The summed E-state index contributed by atoms with van der Waals surface area (Å²) in [4.78, 5) is 14.5. The number of nitrogens with one attached hydrogen (secondary N) is 2. The number of nitrogens with zero attached hydrogens (tertiary/aromatic N) is 1. The van der Waals surface area contributed by atoms with Crippen LogP contribution in [0.4, 0.5) is 4.79 Å². The zero-order chi connectivity index (χ0) is 18.1. The van der Waals surface area contributed by atoms with Gasteiger partial charge < -0.3 is 15.4 Å². The van der Waals surface area contributed by atoms with Crippen LogP contribution in [0.2, 0.25) is 5.02 Å². The monoisotopic (exact) mass is 367 g/mol. The lowest BCUT2D eigenvalue weighted by Crippen LogP contribution is -2.50. The normalized spacial score (nSPS) is 16.6. The molecule has 1 aliphatic rings. The highest BCUT2D eigenvalue weighted by Crippen LogP contribution is 2.13. The maximum atomic E-state index is 12.1. The van der Waals surface area contributed by atoms with Crippen molar-refractivity contribution >= 4 is 17.6 Å². The van der Waals surface area contributed by atoms with Gasteiger partial charge in [0.1, 0.15) is 0 Å². The van der Waals surface area contributed by atoms with Gasteiger partial charge in [0.05, 0.1) is 13.2 Å². The molecular formula is C19H30ClN3O2. The summed E-state index contributed by atoms with van der Waals surface area (Å²) in [6.07, 6.45) is 1.87. The Morgan fingerprint density at radius 1 is 1.20 bits per heavy atom. The number of ether oxygens (including phenoxy) is 1. The Morgan fingerprint density at radius 3 is 2.52 bits per heavy atom. The van der Waals surface area contributed by atoms with E-state index < -0.39 is 0 Å². The van der Waals surface area contributed by atoms with E-state index in [2.05, 4.69) is 29.4 Å². The Balaban J connectivity index is 1.71. The van der Waals surface area contributed by atoms with Crippen molar-refractivity contribution in [1.29, 1.82) is 0 Å². The summed E-state index contributed by atoms with van der Waals surface area (Å²) in [5, 5.41) is 6.69. The maximum absolute atomic E-state index is 12.1. The highest BCUT2D eigenvalue weighted by atomic mass is 35.5. The van der Waals surface area contributed by atoms with Gasteiger partial charge in [0, 0.05) is 37.2 Å². The smallest absolute Gasteiger partial charge is 0.314 e. The second-order valence-electron chi connectivity index (χ2n) is 6.94. The highest BCUT2D eigenvalue weighted by molar-refractivity contribution is 6.30. The molecule has 140 valence electrons. The summed E-state index contributed by atoms with van der Waals surface area (Å²) < 4.78 is 5.43. The van der Waals surface area contributed by atoms with Crippen LogP contribution in [0.5, 0.6) is 0 Å². The molecule has 1 saturated heterocycles. The third kappa shape index (κ3) is 7.63. The van der Waals surface area contributed by atoms with Crippen molar-refractivity contribution in [3.63, 3.8) is 0 Å².